The molecule has 0 aliphatic carbocycles. The van der Waals surface area contributed by atoms with Gasteiger partial charge in [-0.25, -0.2) is 0 Å². The lowest BCUT2D eigenvalue weighted by Crippen LogP contribution is -2.44. The summed E-state index contributed by atoms with van der Waals surface area (Å²) in [6.07, 6.45) is 3.46. The number of aliphatic hydroxyl groups excluding tert-OH is 1. The SMILES string of the molecule is Oc1cccc(CCN2CCCC[C@H]2[C@H](O)c2cccc(O)c2)c1. The summed E-state index contributed by atoms with van der Waals surface area (Å²) < 4.78 is 0. The molecule has 0 saturated carbocycles. The Morgan fingerprint density at radius 1 is 1.00 bits per heavy atom. The van der Waals surface area contributed by atoms with Crippen molar-refractivity contribution in [3.05, 3.63) is 59.7 Å². The van der Waals surface area contributed by atoms with Crippen molar-refractivity contribution in [3.8, 4) is 11.5 Å². The van der Waals surface area contributed by atoms with Crippen LogP contribution in [0.15, 0.2) is 48.5 Å². The molecule has 24 heavy (non-hydrogen) atoms. The van der Waals surface area contributed by atoms with Crippen LogP contribution >= 0.6 is 0 Å². The van der Waals surface area contributed by atoms with E-state index < -0.39 is 6.10 Å². The van der Waals surface area contributed by atoms with Crippen LogP contribution < -0.4 is 0 Å². The number of phenols is 2. The van der Waals surface area contributed by atoms with E-state index in [-0.39, 0.29) is 11.8 Å². The summed E-state index contributed by atoms with van der Waals surface area (Å²) in [6, 6.07) is 14.3. The summed E-state index contributed by atoms with van der Waals surface area (Å²) >= 11 is 0. The molecule has 0 bridgehead atoms. The van der Waals surface area contributed by atoms with E-state index in [9.17, 15) is 15.3 Å². The Kier molecular flexibility index (Phi) is 5.38. The molecule has 128 valence electrons. The highest BCUT2D eigenvalue weighted by Gasteiger charge is 2.29. The average molecular weight is 327 g/mol. The standard InChI is InChI=1S/C20H25NO3/c22-17-7-3-5-15(13-17)10-12-21-11-2-1-9-19(21)20(24)16-6-4-8-18(23)14-16/h3-8,13-14,19-20,22-24H,1-2,9-12H2/t19-,20+/m0/s1. The van der Waals surface area contributed by atoms with Gasteiger partial charge in [0.1, 0.15) is 11.5 Å². The van der Waals surface area contributed by atoms with E-state index in [4.69, 9.17) is 0 Å². The first kappa shape index (κ1) is 16.8. The number of likely N-dealkylation sites (tertiary alicyclic amines) is 1. The zero-order valence-electron chi connectivity index (χ0n) is 13.8. The van der Waals surface area contributed by atoms with Gasteiger partial charge in [0.25, 0.3) is 0 Å². The zero-order chi connectivity index (χ0) is 16.9. The van der Waals surface area contributed by atoms with Gasteiger partial charge in [-0.1, -0.05) is 30.7 Å². The van der Waals surface area contributed by atoms with Crippen molar-refractivity contribution in [1.29, 1.82) is 0 Å². The first-order valence-corrected chi connectivity index (χ1v) is 8.62. The number of aromatic hydroxyl groups is 2. The summed E-state index contributed by atoms with van der Waals surface area (Å²) in [5, 5.41) is 30.0. The van der Waals surface area contributed by atoms with E-state index in [1.807, 2.05) is 18.2 Å². The highest BCUT2D eigenvalue weighted by atomic mass is 16.3. The van der Waals surface area contributed by atoms with Crippen LogP contribution in [0.3, 0.4) is 0 Å². The maximum Gasteiger partial charge on any atom is 0.115 e. The van der Waals surface area contributed by atoms with Gasteiger partial charge in [-0.05, 0) is 61.2 Å². The Labute approximate surface area is 143 Å². The molecule has 0 amide bonds. The maximum absolute atomic E-state index is 10.8. The van der Waals surface area contributed by atoms with Crippen molar-refractivity contribution >= 4 is 0 Å². The van der Waals surface area contributed by atoms with Gasteiger partial charge < -0.3 is 15.3 Å². The first-order chi connectivity index (χ1) is 11.6. The largest absolute Gasteiger partial charge is 0.508 e. The van der Waals surface area contributed by atoms with Crippen LogP contribution in [0.5, 0.6) is 11.5 Å². The summed E-state index contributed by atoms with van der Waals surface area (Å²) in [5.41, 5.74) is 1.87. The summed E-state index contributed by atoms with van der Waals surface area (Å²) in [4.78, 5) is 2.34. The van der Waals surface area contributed by atoms with Gasteiger partial charge in [0.15, 0.2) is 0 Å². The molecule has 1 aliphatic heterocycles. The molecule has 2 atom stereocenters. The van der Waals surface area contributed by atoms with Crippen LogP contribution in [0.2, 0.25) is 0 Å². The molecule has 0 spiro atoms. The van der Waals surface area contributed by atoms with E-state index in [0.717, 1.165) is 49.9 Å². The Morgan fingerprint density at radius 2 is 1.75 bits per heavy atom. The molecule has 4 heteroatoms. The van der Waals surface area contributed by atoms with Crippen LogP contribution in [-0.2, 0) is 6.42 Å². The third-order valence-electron chi connectivity index (χ3n) is 4.84. The summed E-state index contributed by atoms with van der Waals surface area (Å²) in [6.45, 7) is 1.82. The maximum atomic E-state index is 10.8. The topological polar surface area (TPSA) is 63.9 Å². The zero-order valence-corrected chi connectivity index (χ0v) is 13.8. The van der Waals surface area contributed by atoms with Crippen molar-refractivity contribution in [2.24, 2.45) is 0 Å². The van der Waals surface area contributed by atoms with E-state index in [0.29, 0.717) is 5.75 Å². The van der Waals surface area contributed by atoms with E-state index in [1.165, 1.54) is 0 Å². The second kappa shape index (κ2) is 7.69. The van der Waals surface area contributed by atoms with Crippen molar-refractivity contribution < 1.29 is 15.3 Å². The van der Waals surface area contributed by atoms with Crippen molar-refractivity contribution in [2.45, 2.75) is 37.8 Å². The van der Waals surface area contributed by atoms with E-state index >= 15 is 0 Å². The molecule has 3 N–H and O–H groups in total. The lowest BCUT2D eigenvalue weighted by atomic mass is 9.92. The highest BCUT2D eigenvalue weighted by Crippen LogP contribution is 2.30. The number of piperidine rings is 1. The third-order valence-corrected chi connectivity index (χ3v) is 4.84. The third kappa shape index (κ3) is 4.08. The van der Waals surface area contributed by atoms with Gasteiger partial charge in [0, 0.05) is 12.6 Å². The first-order valence-electron chi connectivity index (χ1n) is 8.62. The lowest BCUT2D eigenvalue weighted by Gasteiger charge is -2.38. The molecule has 2 aromatic rings. The summed E-state index contributed by atoms with van der Waals surface area (Å²) in [7, 11) is 0. The van der Waals surface area contributed by atoms with Gasteiger partial charge in [-0.3, -0.25) is 4.90 Å². The molecule has 0 aromatic heterocycles. The molecule has 1 fully saturated rings. The lowest BCUT2D eigenvalue weighted by molar-refractivity contribution is 0.0254. The fourth-order valence-corrected chi connectivity index (χ4v) is 3.57. The minimum atomic E-state index is -0.596. The predicted molar refractivity (Wildman–Crippen MR) is 94.1 cm³/mol. The molecule has 0 unspecified atom stereocenters. The van der Waals surface area contributed by atoms with E-state index in [1.54, 1.807) is 30.3 Å². The number of hydrogen-bond donors (Lipinski definition) is 3. The fraction of sp³-hybridized carbons (Fsp3) is 0.400. The number of benzene rings is 2. The second-order valence-corrected chi connectivity index (χ2v) is 6.56. The quantitative estimate of drug-likeness (QED) is 0.789. The molecule has 0 radical (unpaired) electrons. The number of rotatable bonds is 5. The van der Waals surface area contributed by atoms with E-state index in [2.05, 4.69) is 4.90 Å². The molecule has 4 nitrogen and oxygen atoms in total. The molecular weight excluding hydrogens is 302 g/mol. The molecule has 1 heterocycles. The molecule has 2 aromatic carbocycles. The molecule has 3 rings (SSSR count). The Balaban J connectivity index is 1.68. The number of nitrogens with zero attached hydrogens (tertiary/aromatic N) is 1. The van der Waals surface area contributed by atoms with Gasteiger partial charge in [-0.15, -0.1) is 0 Å². The predicted octanol–water partition coefficient (Wildman–Crippen LogP) is 3.23. The van der Waals surface area contributed by atoms with Crippen LogP contribution in [-0.4, -0.2) is 39.4 Å². The molecule has 1 saturated heterocycles. The smallest absolute Gasteiger partial charge is 0.115 e. The monoisotopic (exact) mass is 327 g/mol. The Morgan fingerprint density at radius 3 is 2.50 bits per heavy atom. The summed E-state index contributed by atoms with van der Waals surface area (Å²) in [5.74, 6) is 0.483. The van der Waals surface area contributed by atoms with Gasteiger partial charge in [-0.2, -0.15) is 0 Å². The average Bonchev–Trinajstić information content (AvgIpc) is 2.60. The van der Waals surface area contributed by atoms with Gasteiger partial charge in [0.2, 0.25) is 0 Å². The number of hydrogen-bond acceptors (Lipinski definition) is 4. The van der Waals surface area contributed by atoms with Crippen LogP contribution in [0.1, 0.15) is 36.5 Å². The normalized spacial score (nSPS) is 20.0. The minimum Gasteiger partial charge on any atom is -0.508 e. The van der Waals surface area contributed by atoms with Crippen molar-refractivity contribution in [3.63, 3.8) is 0 Å². The Hall–Kier alpha value is -2.04. The van der Waals surface area contributed by atoms with Gasteiger partial charge >= 0.3 is 0 Å². The minimum absolute atomic E-state index is 0.0675. The van der Waals surface area contributed by atoms with Crippen LogP contribution in [0.25, 0.3) is 0 Å². The van der Waals surface area contributed by atoms with Crippen LogP contribution in [0, 0.1) is 0 Å². The second-order valence-electron chi connectivity index (χ2n) is 6.56. The van der Waals surface area contributed by atoms with Gasteiger partial charge in [0.05, 0.1) is 6.10 Å². The van der Waals surface area contributed by atoms with Crippen molar-refractivity contribution in [2.75, 3.05) is 13.1 Å². The highest BCUT2D eigenvalue weighted by molar-refractivity contribution is 5.30. The number of aliphatic hydroxyl groups is 1. The number of phenolic OH excluding ortho intramolecular Hbond substituents is 2. The fourth-order valence-electron chi connectivity index (χ4n) is 3.57. The van der Waals surface area contributed by atoms with Crippen LogP contribution in [0.4, 0.5) is 0 Å². The van der Waals surface area contributed by atoms with Crippen molar-refractivity contribution in [1.82, 2.24) is 4.90 Å². The molecular formula is C20H25NO3. The molecule has 1 aliphatic rings. The Bertz CT molecular complexity index is 673.